The number of carboxylic acids is 1. The van der Waals surface area contributed by atoms with E-state index in [9.17, 15) is 14.7 Å². The summed E-state index contributed by atoms with van der Waals surface area (Å²) >= 11 is 6.64. The van der Waals surface area contributed by atoms with Gasteiger partial charge in [-0.05, 0) is 47.5 Å². The molecule has 4 nitrogen and oxygen atoms in total. The highest BCUT2D eigenvalue weighted by Crippen LogP contribution is 2.31. The van der Waals surface area contributed by atoms with E-state index >= 15 is 0 Å². The molecule has 0 aliphatic carbocycles. The van der Waals surface area contributed by atoms with Crippen LogP contribution in [-0.4, -0.2) is 22.9 Å². The normalized spacial score (nSPS) is 11.7. The molecule has 120 valence electrons. The van der Waals surface area contributed by atoms with E-state index in [-0.39, 0.29) is 5.24 Å². The first-order chi connectivity index (χ1) is 11.0. The predicted octanol–water partition coefficient (Wildman–Crippen LogP) is 4.60. The second kappa shape index (κ2) is 8.04. The van der Waals surface area contributed by atoms with Gasteiger partial charge in [0.2, 0.25) is 0 Å². The second-order valence-corrected chi connectivity index (χ2v) is 6.30. The maximum absolute atomic E-state index is 11.6. The number of rotatable bonds is 5. The third-order valence-electron chi connectivity index (χ3n) is 3.16. The van der Waals surface area contributed by atoms with Crippen LogP contribution in [0.4, 0.5) is 4.79 Å². The lowest BCUT2D eigenvalue weighted by molar-refractivity contribution is -0.136. The fourth-order valence-corrected chi connectivity index (χ4v) is 3.01. The number of carbonyl (C=O) groups excluding carboxylic acids is 1. The molecule has 6 heteroatoms. The largest absolute Gasteiger partial charge is 0.480 e. The minimum atomic E-state index is -1.04. The maximum Gasteiger partial charge on any atom is 0.321 e. The summed E-state index contributed by atoms with van der Waals surface area (Å²) in [5.41, 5.74) is 2.52. The number of benzene rings is 2. The van der Waals surface area contributed by atoms with Crippen LogP contribution >= 0.6 is 23.4 Å². The van der Waals surface area contributed by atoms with Crippen molar-refractivity contribution in [2.24, 2.45) is 0 Å². The lowest BCUT2D eigenvalue weighted by atomic mass is 10.0. The van der Waals surface area contributed by atoms with Gasteiger partial charge in [-0.25, -0.2) is 0 Å². The highest BCUT2D eigenvalue weighted by atomic mass is 35.5. The molecule has 0 radical (unpaired) electrons. The van der Waals surface area contributed by atoms with E-state index in [4.69, 9.17) is 11.6 Å². The molecule has 0 aliphatic rings. The van der Waals surface area contributed by atoms with Crippen molar-refractivity contribution in [2.75, 3.05) is 6.54 Å². The second-order valence-electron chi connectivity index (χ2n) is 4.78. The molecule has 0 aliphatic heterocycles. The average Bonchev–Trinajstić information content (AvgIpc) is 2.54. The number of thioether (sulfide) groups is 1. The summed E-state index contributed by atoms with van der Waals surface area (Å²) < 4.78 is 0. The van der Waals surface area contributed by atoms with E-state index < -0.39 is 11.2 Å². The zero-order valence-corrected chi connectivity index (χ0v) is 14.0. The smallest absolute Gasteiger partial charge is 0.321 e. The van der Waals surface area contributed by atoms with E-state index in [0.29, 0.717) is 17.1 Å². The van der Waals surface area contributed by atoms with Crippen LogP contribution in [0.2, 0.25) is 5.02 Å². The van der Waals surface area contributed by atoms with Crippen LogP contribution in [0.1, 0.15) is 17.7 Å². The molecule has 0 aromatic heterocycles. The Balaban J connectivity index is 2.20. The van der Waals surface area contributed by atoms with E-state index in [1.54, 1.807) is 31.2 Å². The van der Waals surface area contributed by atoms with Crippen molar-refractivity contribution in [2.45, 2.75) is 12.2 Å². The third-order valence-corrected chi connectivity index (χ3v) is 4.48. The van der Waals surface area contributed by atoms with Crippen LogP contribution in [-0.2, 0) is 4.79 Å². The molecule has 1 atom stereocenters. The van der Waals surface area contributed by atoms with Crippen molar-refractivity contribution in [1.29, 1.82) is 0 Å². The van der Waals surface area contributed by atoms with Crippen LogP contribution < -0.4 is 5.32 Å². The van der Waals surface area contributed by atoms with Gasteiger partial charge in [0, 0.05) is 11.6 Å². The number of carboxylic acid groups (broad SMARTS) is 1. The summed E-state index contributed by atoms with van der Waals surface area (Å²) in [6.45, 7) is 2.25. The molecule has 2 N–H and O–H groups in total. The maximum atomic E-state index is 11.6. The van der Waals surface area contributed by atoms with Gasteiger partial charge in [-0.15, -0.1) is 0 Å². The van der Waals surface area contributed by atoms with Crippen molar-refractivity contribution in [3.05, 3.63) is 59.1 Å². The molecule has 2 aromatic carbocycles. The van der Waals surface area contributed by atoms with Crippen LogP contribution in [0.25, 0.3) is 11.1 Å². The Hall–Kier alpha value is -1.98. The predicted molar refractivity (Wildman–Crippen MR) is 93.9 cm³/mol. The highest BCUT2D eigenvalue weighted by Gasteiger charge is 2.23. The van der Waals surface area contributed by atoms with Gasteiger partial charge in [-0.3, -0.25) is 9.59 Å². The first-order valence-electron chi connectivity index (χ1n) is 7.04. The molecular weight excluding hydrogens is 334 g/mol. The number of carbonyl (C=O) groups is 2. The van der Waals surface area contributed by atoms with E-state index in [1.807, 2.05) is 24.3 Å². The third kappa shape index (κ3) is 4.74. The fraction of sp³-hybridized carbons (Fsp3) is 0.176. The SMILES string of the molecule is CCNC(=O)SC(C(=O)O)c1ccc(-c2ccc(Cl)cc2)cc1. The zero-order chi connectivity index (χ0) is 16.8. The lowest BCUT2D eigenvalue weighted by Crippen LogP contribution is -2.21. The molecule has 0 saturated carbocycles. The van der Waals surface area contributed by atoms with Crippen LogP contribution in [0.5, 0.6) is 0 Å². The standard InChI is InChI=1S/C17H16ClNO3S/c1-2-19-17(22)23-15(16(20)21)13-5-3-11(4-6-13)12-7-9-14(18)10-8-12/h3-10,15H,2H2,1H3,(H,19,22)(H,20,21). The minimum Gasteiger partial charge on any atom is -0.480 e. The van der Waals surface area contributed by atoms with Crippen LogP contribution in [0, 0.1) is 0 Å². The number of amides is 1. The Morgan fingerprint density at radius 3 is 2.09 bits per heavy atom. The number of nitrogens with one attached hydrogen (secondary N) is 1. The number of hydrogen-bond donors (Lipinski definition) is 2. The minimum absolute atomic E-state index is 0.346. The molecule has 2 rings (SSSR count). The quantitative estimate of drug-likeness (QED) is 0.828. The monoisotopic (exact) mass is 349 g/mol. The molecule has 23 heavy (non-hydrogen) atoms. The van der Waals surface area contributed by atoms with Gasteiger partial charge in [-0.1, -0.05) is 48.0 Å². The molecular formula is C17H16ClNO3S. The molecule has 0 bridgehead atoms. The Morgan fingerprint density at radius 2 is 1.61 bits per heavy atom. The van der Waals surface area contributed by atoms with Crippen LogP contribution in [0.15, 0.2) is 48.5 Å². The number of aliphatic carboxylic acids is 1. The van der Waals surface area contributed by atoms with Crippen LogP contribution in [0.3, 0.4) is 0 Å². The van der Waals surface area contributed by atoms with Gasteiger partial charge in [-0.2, -0.15) is 0 Å². The topological polar surface area (TPSA) is 66.4 Å². The molecule has 0 fully saturated rings. The molecule has 0 spiro atoms. The summed E-state index contributed by atoms with van der Waals surface area (Å²) in [5, 5.41) is 11.3. The Kier molecular flexibility index (Phi) is 6.07. The Bertz CT molecular complexity index is 686. The van der Waals surface area contributed by atoms with Crippen molar-refractivity contribution in [3.8, 4) is 11.1 Å². The van der Waals surface area contributed by atoms with Crippen molar-refractivity contribution in [3.63, 3.8) is 0 Å². The van der Waals surface area contributed by atoms with E-state index in [2.05, 4.69) is 5.32 Å². The fourth-order valence-electron chi connectivity index (χ4n) is 2.05. The summed E-state index contributed by atoms with van der Waals surface area (Å²) in [7, 11) is 0. The number of halogens is 1. The molecule has 0 saturated heterocycles. The van der Waals surface area contributed by atoms with Gasteiger partial charge in [0.25, 0.3) is 5.24 Å². The van der Waals surface area contributed by atoms with Crippen molar-refractivity contribution >= 4 is 34.6 Å². The van der Waals surface area contributed by atoms with Gasteiger partial charge in [0.1, 0.15) is 5.25 Å². The van der Waals surface area contributed by atoms with Gasteiger partial charge < -0.3 is 10.4 Å². The highest BCUT2D eigenvalue weighted by molar-refractivity contribution is 8.14. The summed E-state index contributed by atoms with van der Waals surface area (Å²) in [6, 6.07) is 14.5. The summed E-state index contributed by atoms with van der Waals surface area (Å²) in [4.78, 5) is 23.0. The molecule has 2 aromatic rings. The average molecular weight is 350 g/mol. The molecule has 1 unspecified atom stereocenters. The molecule has 0 heterocycles. The van der Waals surface area contributed by atoms with Gasteiger partial charge in [0.15, 0.2) is 0 Å². The lowest BCUT2D eigenvalue weighted by Gasteiger charge is -2.12. The van der Waals surface area contributed by atoms with E-state index in [1.165, 1.54) is 0 Å². The zero-order valence-electron chi connectivity index (χ0n) is 12.5. The summed E-state index contributed by atoms with van der Waals surface area (Å²) in [6.07, 6.45) is 0. The van der Waals surface area contributed by atoms with Gasteiger partial charge in [0.05, 0.1) is 0 Å². The number of hydrogen-bond acceptors (Lipinski definition) is 3. The van der Waals surface area contributed by atoms with Crippen molar-refractivity contribution in [1.82, 2.24) is 5.32 Å². The van der Waals surface area contributed by atoms with E-state index in [0.717, 1.165) is 22.9 Å². The molecule has 1 amide bonds. The van der Waals surface area contributed by atoms with Crippen molar-refractivity contribution < 1.29 is 14.7 Å². The van der Waals surface area contributed by atoms with Gasteiger partial charge >= 0.3 is 5.97 Å². The first-order valence-corrected chi connectivity index (χ1v) is 8.30. The first kappa shape index (κ1) is 17.4. The summed E-state index contributed by atoms with van der Waals surface area (Å²) in [5.74, 6) is -1.04. The Labute approximate surface area is 143 Å². The Morgan fingerprint density at radius 1 is 1.09 bits per heavy atom.